The molecule has 1 heterocycles. The van der Waals surface area contributed by atoms with Gasteiger partial charge in [-0.25, -0.2) is 9.69 Å². The van der Waals surface area contributed by atoms with Crippen molar-refractivity contribution in [2.24, 2.45) is 5.73 Å². The van der Waals surface area contributed by atoms with Crippen molar-refractivity contribution in [2.45, 2.75) is 19.6 Å². The zero-order chi connectivity index (χ0) is 16.8. The minimum atomic E-state index is -0.796. The normalized spacial score (nSPS) is 17.7. The van der Waals surface area contributed by atoms with E-state index in [-0.39, 0.29) is 17.1 Å². The molecule has 23 heavy (non-hydrogen) atoms. The fourth-order valence-electron chi connectivity index (χ4n) is 1.91. The summed E-state index contributed by atoms with van der Waals surface area (Å²) in [6.45, 7) is 1.64. The van der Waals surface area contributed by atoms with Gasteiger partial charge in [-0.05, 0) is 41.7 Å². The summed E-state index contributed by atoms with van der Waals surface area (Å²) in [6.07, 6.45) is 4.80. The average molecular weight is 332 g/mol. The first-order valence-corrected chi connectivity index (χ1v) is 8.92. The molecule has 2 atom stereocenters. The Morgan fingerprint density at radius 3 is 2.57 bits per heavy atom. The second-order valence-corrected chi connectivity index (χ2v) is 6.90. The molecule has 2 amide bonds. The summed E-state index contributed by atoms with van der Waals surface area (Å²) in [4.78, 5) is 25.7. The van der Waals surface area contributed by atoms with Crippen LogP contribution in [0.3, 0.4) is 0 Å². The summed E-state index contributed by atoms with van der Waals surface area (Å²) in [5, 5.41) is 3.86. The second-order valence-electron chi connectivity index (χ2n) is 5.14. The van der Waals surface area contributed by atoms with Crippen molar-refractivity contribution in [1.82, 2.24) is 4.90 Å². The van der Waals surface area contributed by atoms with Gasteiger partial charge in [-0.3, -0.25) is 4.79 Å². The fourth-order valence-corrected chi connectivity index (χ4v) is 2.71. The molecule has 0 spiro atoms. The largest absolute Gasteiger partial charge is 0.444 e. The molecule has 2 N–H and O–H groups in total. The van der Waals surface area contributed by atoms with E-state index in [1.165, 1.54) is 0 Å². The van der Waals surface area contributed by atoms with Crippen LogP contribution in [0.1, 0.15) is 12.5 Å². The smallest absolute Gasteiger partial charge is 0.421 e. The highest BCUT2D eigenvalue weighted by molar-refractivity contribution is 8.17. The minimum Gasteiger partial charge on any atom is -0.444 e. The fraction of sp³-hybridized carbons (Fsp3) is 0.235. The number of rotatable bonds is 4. The van der Waals surface area contributed by atoms with E-state index in [1.807, 2.05) is 47.4 Å². The van der Waals surface area contributed by atoms with E-state index in [1.54, 1.807) is 19.1 Å². The maximum absolute atomic E-state index is 12.4. The van der Waals surface area contributed by atoms with Gasteiger partial charge in [0.2, 0.25) is 0 Å². The van der Waals surface area contributed by atoms with Gasteiger partial charge in [-0.1, -0.05) is 30.3 Å². The molecule has 2 rings (SSSR count). The third-order valence-electron chi connectivity index (χ3n) is 3.16. The van der Waals surface area contributed by atoms with Crippen LogP contribution < -0.4 is 5.73 Å². The molecule has 1 unspecified atom stereocenters. The lowest BCUT2D eigenvalue weighted by molar-refractivity contribution is -0.128. The quantitative estimate of drug-likeness (QED) is 0.860. The summed E-state index contributed by atoms with van der Waals surface area (Å²) in [5.74, 6) is -0.495. The van der Waals surface area contributed by atoms with Crippen LogP contribution in [0.25, 0.3) is 0 Å². The monoisotopic (exact) mass is 332 g/mol. The molecule has 0 saturated heterocycles. The summed E-state index contributed by atoms with van der Waals surface area (Å²) >= 11 is 0. The number of allylic oxidation sites excluding steroid dienone is 2. The Kier molecular flexibility index (Phi) is 5.90. The van der Waals surface area contributed by atoms with Crippen LogP contribution in [0.2, 0.25) is 0 Å². The van der Waals surface area contributed by atoms with E-state index >= 15 is 0 Å². The highest BCUT2D eigenvalue weighted by atomic mass is 32.2. The number of hydrogen-bond donors (Lipinski definition) is 1. The lowest BCUT2D eigenvalue weighted by atomic mass is 10.2. The maximum atomic E-state index is 12.4. The van der Waals surface area contributed by atoms with E-state index in [4.69, 9.17) is 10.5 Å². The van der Waals surface area contributed by atoms with Gasteiger partial charge in [0.25, 0.3) is 5.91 Å². The Labute approximate surface area is 138 Å². The molecule has 1 aromatic carbocycles. The molecule has 0 aromatic heterocycles. The van der Waals surface area contributed by atoms with Crippen LogP contribution >= 0.6 is 10.5 Å². The first kappa shape index (κ1) is 17.2. The van der Waals surface area contributed by atoms with Gasteiger partial charge in [0.1, 0.15) is 6.61 Å². The van der Waals surface area contributed by atoms with E-state index in [2.05, 4.69) is 0 Å². The number of nitrogens with two attached hydrogens (primary N) is 1. The van der Waals surface area contributed by atoms with Crippen LogP contribution in [0.15, 0.2) is 53.6 Å². The molecular weight excluding hydrogens is 312 g/mol. The van der Waals surface area contributed by atoms with Crippen molar-refractivity contribution >= 4 is 27.9 Å². The van der Waals surface area contributed by atoms with Crippen molar-refractivity contribution in [3.63, 3.8) is 0 Å². The number of carbonyl (C=O) groups excluding carboxylic acids is 2. The highest BCUT2D eigenvalue weighted by Gasteiger charge is 2.28. The van der Waals surface area contributed by atoms with Crippen molar-refractivity contribution < 1.29 is 14.3 Å². The highest BCUT2D eigenvalue weighted by Crippen LogP contribution is 2.20. The van der Waals surface area contributed by atoms with Gasteiger partial charge in [0.05, 0.1) is 11.7 Å². The summed E-state index contributed by atoms with van der Waals surface area (Å²) in [5.41, 5.74) is 6.98. The van der Waals surface area contributed by atoms with Gasteiger partial charge in [-0.15, -0.1) is 0 Å². The molecule has 122 valence electrons. The summed E-state index contributed by atoms with van der Waals surface area (Å²) in [7, 11) is -0.00131. The van der Waals surface area contributed by atoms with E-state index in [0.717, 1.165) is 10.5 Å². The van der Waals surface area contributed by atoms with Gasteiger partial charge >= 0.3 is 6.09 Å². The lowest BCUT2D eigenvalue weighted by Crippen LogP contribution is -2.45. The van der Waals surface area contributed by atoms with Gasteiger partial charge in [-0.2, -0.15) is 10.5 Å². The third-order valence-corrected chi connectivity index (χ3v) is 4.29. The van der Waals surface area contributed by atoms with Crippen molar-refractivity contribution in [3.8, 4) is 0 Å². The Balaban J connectivity index is 2.15. The van der Waals surface area contributed by atoms with Crippen LogP contribution in [0.5, 0.6) is 0 Å². The van der Waals surface area contributed by atoms with Crippen molar-refractivity contribution in [3.05, 3.63) is 59.2 Å². The minimum absolute atomic E-state index is 0.00131. The number of hydrogen-bond acceptors (Lipinski definition) is 4. The maximum Gasteiger partial charge on any atom is 0.421 e. The van der Waals surface area contributed by atoms with Crippen LogP contribution in [-0.2, 0) is 16.1 Å². The Hall–Kier alpha value is -2.18. The number of imide groups is 1. The first-order valence-electron chi connectivity index (χ1n) is 7.16. The summed E-state index contributed by atoms with van der Waals surface area (Å²) < 4.78 is 5.27. The molecule has 1 aliphatic rings. The molecule has 0 radical (unpaired) electrons. The molecule has 0 aliphatic carbocycles. The van der Waals surface area contributed by atoms with E-state index in [9.17, 15) is 9.59 Å². The first-order chi connectivity index (χ1) is 11.0. The molecular formula is C17H20N2O3S. The SMILES string of the molecule is C[C@H](N)C(=O)N(C(=O)OCc1ccccc1)C1=CC=S(C)C=C1. The van der Waals surface area contributed by atoms with E-state index in [0.29, 0.717) is 5.70 Å². The Morgan fingerprint density at radius 1 is 1.30 bits per heavy atom. The van der Waals surface area contributed by atoms with Gasteiger partial charge in [0.15, 0.2) is 0 Å². The van der Waals surface area contributed by atoms with Crippen molar-refractivity contribution in [2.75, 3.05) is 6.26 Å². The Bertz CT molecular complexity index is 678. The molecule has 0 bridgehead atoms. The van der Waals surface area contributed by atoms with Gasteiger partial charge < -0.3 is 10.5 Å². The molecule has 5 nitrogen and oxygen atoms in total. The Morgan fingerprint density at radius 2 is 2.00 bits per heavy atom. The number of nitrogens with zero attached hydrogens (tertiary/aromatic N) is 1. The average Bonchev–Trinajstić information content (AvgIpc) is 2.55. The zero-order valence-corrected chi connectivity index (χ0v) is 14.0. The van der Waals surface area contributed by atoms with E-state index < -0.39 is 18.0 Å². The zero-order valence-electron chi connectivity index (χ0n) is 13.1. The molecule has 0 fully saturated rings. The predicted molar refractivity (Wildman–Crippen MR) is 93.9 cm³/mol. The van der Waals surface area contributed by atoms with Crippen LogP contribution in [0.4, 0.5) is 4.79 Å². The molecule has 1 aliphatic heterocycles. The summed E-state index contributed by atoms with van der Waals surface area (Å²) in [6, 6.07) is 8.50. The lowest BCUT2D eigenvalue weighted by Gasteiger charge is -2.24. The number of benzene rings is 1. The van der Waals surface area contributed by atoms with Crippen molar-refractivity contribution in [1.29, 1.82) is 0 Å². The number of amides is 2. The molecule has 0 saturated carbocycles. The molecule has 1 aromatic rings. The number of ether oxygens (including phenoxy) is 1. The number of carbonyl (C=O) groups is 2. The standard InChI is InChI=1S/C17H20N2O3S/c1-13(18)16(20)19(15-8-10-23(2)11-9-15)17(21)22-12-14-6-4-3-5-7-14/h3-11,13H,12,18H2,1-2H3/t13-/m0/s1. The van der Waals surface area contributed by atoms with Gasteiger partial charge in [0, 0.05) is 0 Å². The third kappa shape index (κ3) is 4.64. The topological polar surface area (TPSA) is 72.6 Å². The second kappa shape index (κ2) is 7.89. The predicted octanol–water partition coefficient (Wildman–Crippen LogP) is 2.61. The molecule has 6 heteroatoms. The van der Waals surface area contributed by atoms with Crippen LogP contribution in [0, 0.1) is 0 Å². The van der Waals surface area contributed by atoms with Crippen LogP contribution in [-0.4, -0.2) is 34.6 Å².